The van der Waals surface area contributed by atoms with Gasteiger partial charge in [0.1, 0.15) is 0 Å². The van der Waals surface area contributed by atoms with Gasteiger partial charge in [0.2, 0.25) is 0 Å². The summed E-state index contributed by atoms with van der Waals surface area (Å²) in [5.74, 6) is 3.05. The van der Waals surface area contributed by atoms with E-state index in [0.29, 0.717) is 18.2 Å². The van der Waals surface area contributed by atoms with Crippen LogP contribution >= 0.6 is 11.8 Å². The lowest BCUT2D eigenvalue weighted by Crippen LogP contribution is -2.25. The van der Waals surface area contributed by atoms with Crippen LogP contribution in [0.15, 0.2) is 18.2 Å². The van der Waals surface area contributed by atoms with Crippen molar-refractivity contribution in [3.63, 3.8) is 0 Å². The van der Waals surface area contributed by atoms with Crippen molar-refractivity contribution < 1.29 is 13.2 Å². The van der Waals surface area contributed by atoms with Crippen LogP contribution < -0.4 is 5.32 Å². The Kier molecular flexibility index (Phi) is 3.41. The lowest BCUT2D eigenvalue weighted by Gasteiger charge is -2.32. The molecule has 0 aromatic heterocycles. The first-order valence-corrected chi connectivity index (χ1v) is 7.74. The third-order valence-electron chi connectivity index (χ3n) is 4.09. The summed E-state index contributed by atoms with van der Waals surface area (Å²) in [6.45, 7) is 0.645. The van der Waals surface area contributed by atoms with Gasteiger partial charge < -0.3 is 5.32 Å². The number of benzene rings is 1. The van der Waals surface area contributed by atoms with Gasteiger partial charge in [-0.1, -0.05) is 12.1 Å². The van der Waals surface area contributed by atoms with E-state index >= 15 is 0 Å². The number of anilines is 1. The van der Waals surface area contributed by atoms with Crippen molar-refractivity contribution in [2.24, 2.45) is 5.92 Å². The van der Waals surface area contributed by atoms with Crippen LogP contribution in [0.25, 0.3) is 0 Å². The van der Waals surface area contributed by atoms with Crippen LogP contribution in [0, 0.1) is 5.92 Å². The number of hydrogen-bond donors (Lipinski definition) is 1. The third kappa shape index (κ3) is 2.45. The fraction of sp³-hybridized carbons (Fsp3) is 0.571. The number of halogens is 3. The van der Waals surface area contributed by atoms with E-state index in [4.69, 9.17) is 0 Å². The second-order valence-electron chi connectivity index (χ2n) is 5.21. The summed E-state index contributed by atoms with van der Waals surface area (Å²) in [5.41, 5.74) is 0.678. The molecule has 1 N–H and O–H groups in total. The number of alkyl halides is 3. The van der Waals surface area contributed by atoms with E-state index in [1.807, 2.05) is 17.8 Å². The summed E-state index contributed by atoms with van der Waals surface area (Å²) in [6, 6.07) is 4.59. The van der Waals surface area contributed by atoms with Crippen molar-refractivity contribution in [2.45, 2.75) is 24.9 Å². The summed E-state index contributed by atoms with van der Waals surface area (Å²) in [6.07, 6.45) is -2.20. The monoisotopic (exact) mass is 287 g/mol. The Hall–Kier alpha value is -0.840. The maximum absolute atomic E-state index is 13.0. The first-order chi connectivity index (χ1) is 9.07. The van der Waals surface area contributed by atoms with Crippen molar-refractivity contribution in [1.29, 1.82) is 0 Å². The fourth-order valence-corrected chi connectivity index (χ4v) is 4.52. The molecular formula is C14H16F3NS. The molecule has 1 fully saturated rings. The molecular weight excluding hydrogens is 271 g/mol. The molecule has 0 aliphatic carbocycles. The zero-order valence-electron chi connectivity index (χ0n) is 10.5. The first-order valence-electron chi connectivity index (χ1n) is 6.59. The Balaban J connectivity index is 2.00. The minimum absolute atomic E-state index is 0.286. The standard InChI is InChI=1S/C14H16F3NS/c15-14(16,17)12-3-1-2-11-10(4-6-18-13(11)12)9-5-7-19-8-9/h1-3,9-10,18H,4-8H2. The molecule has 2 atom stereocenters. The summed E-state index contributed by atoms with van der Waals surface area (Å²) in [7, 11) is 0. The second kappa shape index (κ2) is 4.93. The smallest absolute Gasteiger partial charge is 0.384 e. The highest BCUT2D eigenvalue weighted by Gasteiger charge is 2.38. The summed E-state index contributed by atoms with van der Waals surface area (Å²) in [4.78, 5) is 0. The highest BCUT2D eigenvalue weighted by Crippen LogP contribution is 2.46. The molecule has 0 spiro atoms. The number of fused-ring (bicyclic) bond motifs is 1. The van der Waals surface area contributed by atoms with Crippen molar-refractivity contribution in [3.8, 4) is 0 Å². The Morgan fingerprint density at radius 3 is 2.74 bits per heavy atom. The first kappa shape index (κ1) is 13.2. The number of hydrogen-bond acceptors (Lipinski definition) is 2. The van der Waals surface area contributed by atoms with Gasteiger partial charge in [-0.3, -0.25) is 0 Å². The van der Waals surface area contributed by atoms with Crippen LogP contribution in [-0.4, -0.2) is 18.1 Å². The molecule has 0 saturated carbocycles. The Morgan fingerprint density at radius 2 is 2.05 bits per heavy atom. The van der Waals surface area contributed by atoms with Crippen molar-refractivity contribution in [3.05, 3.63) is 29.3 Å². The van der Waals surface area contributed by atoms with Crippen LogP contribution in [0.3, 0.4) is 0 Å². The molecule has 0 bridgehead atoms. The predicted molar refractivity (Wildman–Crippen MR) is 72.7 cm³/mol. The zero-order chi connectivity index (χ0) is 13.5. The lowest BCUT2D eigenvalue weighted by molar-refractivity contribution is -0.137. The highest BCUT2D eigenvalue weighted by molar-refractivity contribution is 7.99. The van der Waals surface area contributed by atoms with Gasteiger partial charge in [-0.2, -0.15) is 24.9 Å². The summed E-state index contributed by atoms with van der Waals surface area (Å²) < 4.78 is 39.1. The van der Waals surface area contributed by atoms with E-state index in [0.717, 1.165) is 29.9 Å². The van der Waals surface area contributed by atoms with Gasteiger partial charge in [0.25, 0.3) is 0 Å². The molecule has 5 heteroatoms. The molecule has 1 nitrogen and oxygen atoms in total. The molecule has 1 aromatic rings. The second-order valence-corrected chi connectivity index (χ2v) is 6.36. The molecule has 3 rings (SSSR count). The largest absolute Gasteiger partial charge is 0.418 e. The minimum Gasteiger partial charge on any atom is -0.384 e. The van der Waals surface area contributed by atoms with Crippen LogP contribution in [0.5, 0.6) is 0 Å². The number of para-hydroxylation sites is 1. The normalized spacial score (nSPS) is 26.9. The molecule has 1 aromatic carbocycles. The fourth-order valence-electron chi connectivity index (χ4n) is 3.18. The molecule has 104 valence electrons. The molecule has 2 aliphatic rings. The Morgan fingerprint density at radius 1 is 1.21 bits per heavy atom. The summed E-state index contributed by atoms with van der Waals surface area (Å²) >= 11 is 1.92. The zero-order valence-corrected chi connectivity index (χ0v) is 11.3. The van der Waals surface area contributed by atoms with Gasteiger partial charge in [-0.15, -0.1) is 0 Å². The topological polar surface area (TPSA) is 12.0 Å². The van der Waals surface area contributed by atoms with E-state index in [1.165, 1.54) is 6.07 Å². The van der Waals surface area contributed by atoms with E-state index < -0.39 is 11.7 Å². The molecule has 0 radical (unpaired) electrons. The number of rotatable bonds is 1. The van der Waals surface area contributed by atoms with E-state index in [-0.39, 0.29) is 5.92 Å². The van der Waals surface area contributed by atoms with Crippen LogP contribution in [-0.2, 0) is 6.18 Å². The van der Waals surface area contributed by atoms with Crippen LogP contribution in [0.1, 0.15) is 29.9 Å². The quantitative estimate of drug-likeness (QED) is 0.823. The van der Waals surface area contributed by atoms with Gasteiger partial charge in [-0.25, -0.2) is 0 Å². The summed E-state index contributed by atoms with van der Waals surface area (Å²) in [5, 5.41) is 2.96. The van der Waals surface area contributed by atoms with Gasteiger partial charge in [0.15, 0.2) is 0 Å². The van der Waals surface area contributed by atoms with Crippen molar-refractivity contribution in [2.75, 3.05) is 23.4 Å². The Bertz CT molecular complexity index is 466. The van der Waals surface area contributed by atoms with E-state index in [9.17, 15) is 13.2 Å². The van der Waals surface area contributed by atoms with Crippen molar-refractivity contribution >= 4 is 17.4 Å². The Labute approximate surface area is 115 Å². The van der Waals surface area contributed by atoms with Gasteiger partial charge in [0, 0.05) is 12.2 Å². The lowest BCUT2D eigenvalue weighted by atomic mass is 9.79. The molecule has 19 heavy (non-hydrogen) atoms. The average Bonchev–Trinajstić information content (AvgIpc) is 2.90. The van der Waals surface area contributed by atoms with E-state index in [1.54, 1.807) is 6.07 Å². The van der Waals surface area contributed by atoms with Gasteiger partial charge >= 0.3 is 6.18 Å². The predicted octanol–water partition coefficient (Wildman–Crippen LogP) is 4.36. The van der Waals surface area contributed by atoms with Gasteiger partial charge in [-0.05, 0) is 47.8 Å². The SMILES string of the molecule is FC(F)(F)c1cccc2c1NCCC2C1CCSC1. The molecule has 2 heterocycles. The number of nitrogens with one attached hydrogen (secondary N) is 1. The van der Waals surface area contributed by atoms with Crippen LogP contribution in [0.2, 0.25) is 0 Å². The third-order valence-corrected chi connectivity index (χ3v) is 5.28. The maximum atomic E-state index is 13.0. The average molecular weight is 287 g/mol. The number of thioether (sulfide) groups is 1. The minimum atomic E-state index is -4.27. The van der Waals surface area contributed by atoms with Crippen molar-refractivity contribution in [1.82, 2.24) is 0 Å². The van der Waals surface area contributed by atoms with Gasteiger partial charge in [0.05, 0.1) is 5.56 Å². The molecule has 2 aliphatic heterocycles. The molecule has 1 saturated heterocycles. The maximum Gasteiger partial charge on any atom is 0.418 e. The van der Waals surface area contributed by atoms with Crippen LogP contribution in [0.4, 0.5) is 18.9 Å². The van der Waals surface area contributed by atoms with E-state index in [2.05, 4.69) is 5.32 Å². The molecule has 0 amide bonds. The molecule has 2 unspecified atom stereocenters. The highest BCUT2D eigenvalue weighted by atomic mass is 32.2.